The summed E-state index contributed by atoms with van der Waals surface area (Å²) in [6.07, 6.45) is 0. The van der Waals surface area contributed by atoms with Gasteiger partial charge in [-0.2, -0.15) is 8.42 Å². The molecule has 1 amide bonds. The Morgan fingerprint density at radius 2 is 1.79 bits per heavy atom. The van der Waals surface area contributed by atoms with Crippen molar-refractivity contribution < 1.29 is 27.6 Å². The van der Waals surface area contributed by atoms with Crippen LogP contribution in [0, 0.1) is 6.92 Å². The highest BCUT2D eigenvalue weighted by Gasteiger charge is 2.23. The smallest absolute Gasteiger partial charge is 0.298 e. The number of carbonyl (C=O) groups excluding carboxylic acids is 1. The fourth-order valence-corrected chi connectivity index (χ4v) is 5.21. The molecular formula is C26H21Cl2N3O6S. The van der Waals surface area contributed by atoms with E-state index in [1.54, 1.807) is 50.2 Å². The summed E-state index contributed by atoms with van der Waals surface area (Å²) >= 11 is 12.1. The lowest BCUT2D eigenvalue weighted by molar-refractivity contribution is 0.102. The molecule has 196 valence electrons. The van der Waals surface area contributed by atoms with E-state index in [1.807, 2.05) is 0 Å². The Morgan fingerprint density at radius 3 is 2.50 bits per heavy atom. The summed E-state index contributed by atoms with van der Waals surface area (Å²) in [6, 6.07) is 15.8. The van der Waals surface area contributed by atoms with E-state index in [1.165, 1.54) is 24.3 Å². The first-order valence-electron chi connectivity index (χ1n) is 11.2. The minimum absolute atomic E-state index is 0.0942. The summed E-state index contributed by atoms with van der Waals surface area (Å²) in [5.41, 5.74) is 0.397. The van der Waals surface area contributed by atoms with E-state index in [0.717, 1.165) is 0 Å². The molecule has 0 saturated heterocycles. The van der Waals surface area contributed by atoms with Gasteiger partial charge in [-0.15, -0.1) is 10.2 Å². The summed E-state index contributed by atoms with van der Waals surface area (Å²) in [5.74, 6) is -0.790. The number of hydrogen-bond acceptors (Lipinski definition) is 7. The molecule has 9 nitrogen and oxygen atoms in total. The van der Waals surface area contributed by atoms with E-state index in [-0.39, 0.29) is 22.0 Å². The quantitative estimate of drug-likeness (QED) is 0.155. The highest BCUT2D eigenvalue weighted by molar-refractivity contribution is 7.86. The zero-order valence-electron chi connectivity index (χ0n) is 20.1. The molecule has 0 heterocycles. The second-order valence-electron chi connectivity index (χ2n) is 8.14. The molecule has 0 unspecified atom stereocenters. The van der Waals surface area contributed by atoms with Gasteiger partial charge >= 0.3 is 0 Å². The predicted octanol–water partition coefficient (Wildman–Crippen LogP) is 7.47. The molecule has 0 bridgehead atoms. The Balaban J connectivity index is 1.84. The van der Waals surface area contributed by atoms with Crippen LogP contribution >= 0.6 is 23.2 Å². The molecule has 0 aliphatic carbocycles. The van der Waals surface area contributed by atoms with Crippen molar-refractivity contribution in [3.63, 3.8) is 0 Å². The van der Waals surface area contributed by atoms with Crippen molar-refractivity contribution in [3.05, 3.63) is 81.8 Å². The summed E-state index contributed by atoms with van der Waals surface area (Å²) < 4.78 is 39.1. The number of phenolic OH excluding ortho intramolecular Hbond substituents is 1. The number of hydrogen-bond donors (Lipinski definition) is 3. The van der Waals surface area contributed by atoms with Crippen LogP contribution in [0.15, 0.2) is 75.8 Å². The third kappa shape index (κ3) is 5.73. The molecule has 38 heavy (non-hydrogen) atoms. The van der Waals surface area contributed by atoms with Crippen LogP contribution in [0.5, 0.6) is 11.5 Å². The first-order chi connectivity index (χ1) is 18.0. The lowest BCUT2D eigenvalue weighted by Crippen LogP contribution is -2.13. The van der Waals surface area contributed by atoms with E-state index >= 15 is 0 Å². The number of carbonyl (C=O) groups is 1. The Labute approximate surface area is 228 Å². The van der Waals surface area contributed by atoms with Crippen LogP contribution in [-0.4, -0.2) is 30.6 Å². The minimum Gasteiger partial charge on any atom is -0.505 e. The fourth-order valence-electron chi connectivity index (χ4n) is 3.81. The van der Waals surface area contributed by atoms with Gasteiger partial charge in [0.25, 0.3) is 16.0 Å². The standard InChI is InChI=1S/C26H21Cl2N3O6S/c1-3-37-22-9-8-16(27)13-20(22)29-26(33)18-12-15-6-4-5-7-17(15)23(24(18)32)31-30-21-11-14(2)10-19(28)25(21)38(34,35)36/h4-13,32H,3H2,1-2H3,(H,29,33)(H,34,35,36). The maximum absolute atomic E-state index is 13.3. The lowest BCUT2D eigenvalue weighted by atomic mass is 10.0. The Bertz CT molecular complexity index is 1710. The Kier molecular flexibility index (Phi) is 7.89. The SMILES string of the molecule is CCOc1ccc(Cl)cc1NC(=O)c1cc2ccccc2c(N=Nc2cc(C)cc(Cl)c2S(=O)(=O)O)c1O. The van der Waals surface area contributed by atoms with Crippen molar-refractivity contribution in [2.75, 3.05) is 11.9 Å². The number of aryl methyl sites for hydroxylation is 1. The number of anilines is 1. The molecule has 4 aromatic rings. The number of azo groups is 1. The number of benzene rings is 4. The summed E-state index contributed by atoms with van der Waals surface area (Å²) in [6.45, 7) is 3.80. The molecule has 0 aromatic heterocycles. The van der Waals surface area contributed by atoms with E-state index < -0.39 is 26.7 Å². The number of fused-ring (bicyclic) bond motifs is 1. The normalized spacial score (nSPS) is 11.7. The third-order valence-electron chi connectivity index (χ3n) is 5.41. The van der Waals surface area contributed by atoms with Crippen LogP contribution in [0.3, 0.4) is 0 Å². The maximum atomic E-state index is 13.3. The average Bonchev–Trinajstić information content (AvgIpc) is 2.83. The Hall–Kier alpha value is -3.70. The Morgan fingerprint density at radius 1 is 1.05 bits per heavy atom. The van der Waals surface area contributed by atoms with Crippen LogP contribution in [0.2, 0.25) is 10.0 Å². The van der Waals surface area contributed by atoms with Crippen molar-refractivity contribution in [1.82, 2.24) is 0 Å². The van der Waals surface area contributed by atoms with E-state index in [4.69, 9.17) is 27.9 Å². The molecule has 0 radical (unpaired) electrons. The molecule has 0 aliphatic heterocycles. The second-order valence-corrected chi connectivity index (χ2v) is 10.3. The van der Waals surface area contributed by atoms with Gasteiger partial charge in [-0.25, -0.2) is 0 Å². The van der Waals surface area contributed by atoms with E-state index in [9.17, 15) is 22.9 Å². The van der Waals surface area contributed by atoms with Gasteiger partial charge in [-0.05, 0) is 61.2 Å². The summed E-state index contributed by atoms with van der Waals surface area (Å²) in [7, 11) is -4.74. The van der Waals surface area contributed by atoms with Gasteiger partial charge in [0.1, 0.15) is 22.0 Å². The molecular weight excluding hydrogens is 553 g/mol. The van der Waals surface area contributed by atoms with Gasteiger partial charge < -0.3 is 15.2 Å². The van der Waals surface area contributed by atoms with E-state index in [0.29, 0.717) is 39.4 Å². The van der Waals surface area contributed by atoms with E-state index in [2.05, 4.69) is 15.5 Å². The molecule has 0 fully saturated rings. The largest absolute Gasteiger partial charge is 0.505 e. The molecule has 4 rings (SSSR count). The molecule has 4 aromatic carbocycles. The minimum atomic E-state index is -4.74. The number of aromatic hydroxyl groups is 1. The number of amides is 1. The maximum Gasteiger partial charge on any atom is 0.298 e. The molecule has 0 atom stereocenters. The molecule has 0 saturated carbocycles. The number of halogens is 2. The predicted molar refractivity (Wildman–Crippen MR) is 146 cm³/mol. The van der Waals surface area contributed by atoms with Crippen LogP contribution in [-0.2, 0) is 10.1 Å². The first kappa shape index (κ1) is 27.3. The fraction of sp³-hybridized carbons (Fsp3) is 0.115. The van der Waals surface area contributed by atoms with Crippen LogP contribution in [0.25, 0.3) is 10.8 Å². The van der Waals surface area contributed by atoms with Crippen LogP contribution in [0.1, 0.15) is 22.8 Å². The third-order valence-corrected chi connectivity index (χ3v) is 7.00. The topological polar surface area (TPSA) is 138 Å². The number of nitrogens with zero attached hydrogens (tertiary/aromatic N) is 2. The summed E-state index contributed by atoms with van der Waals surface area (Å²) in [4.78, 5) is 12.6. The van der Waals surface area contributed by atoms with Crippen LogP contribution in [0.4, 0.5) is 17.1 Å². The van der Waals surface area contributed by atoms with Gasteiger partial charge in [-0.3, -0.25) is 9.35 Å². The molecule has 3 N–H and O–H groups in total. The number of rotatable bonds is 7. The van der Waals surface area contributed by atoms with Gasteiger partial charge in [0.05, 0.1) is 22.9 Å². The monoisotopic (exact) mass is 573 g/mol. The van der Waals surface area contributed by atoms with Gasteiger partial charge in [-0.1, -0.05) is 47.5 Å². The van der Waals surface area contributed by atoms with Crippen molar-refractivity contribution >= 4 is 67.1 Å². The number of phenols is 1. The highest BCUT2D eigenvalue weighted by Crippen LogP contribution is 2.41. The molecule has 0 aliphatic rings. The zero-order valence-corrected chi connectivity index (χ0v) is 22.4. The van der Waals surface area contributed by atoms with Gasteiger partial charge in [0, 0.05) is 10.4 Å². The summed E-state index contributed by atoms with van der Waals surface area (Å²) in [5, 5.41) is 23.0. The van der Waals surface area contributed by atoms with Crippen molar-refractivity contribution in [2.45, 2.75) is 18.7 Å². The molecule has 12 heteroatoms. The lowest BCUT2D eigenvalue weighted by Gasteiger charge is -2.14. The van der Waals surface area contributed by atoms with Crippen molar-refractivity contribution in [2.24, 2.45) is 10.2 Å². The highest BCUT2D eigenvalue weighted by atomic mass is 35.5. The first-order valence-corrected chi connectivity index (χ1v) is 13.4. The van der Waals surface area contributed by atoms with Crippen LogP contribution < -0.4 is 10.1 Å². The number of ether oxygens (including phenoxy) is 1. The van der Waals surface area contributed by atoms with Gasteiger partial charge in [0.2, 0.25) is 0 Å². The van der Waals surface area contributed by atoms with Crippen molar-refractivity contribution in [1.29, 1.82) is 0 Å². The van der Waals surface area contributed by atoms with Gasteiger partial charge in [0.15, 0.2) is 5.75 Å². The van der Waals surface area contributed by atoms with Crippen molar-refractivity contribution in [3.8, 4) is 11.5 Å². The zero-order chi connectivity index (χ0) is 27.6. The number of nitrogens with one attached hydrogen (secondary N) is 1. The second kappa shape index (κ2) is 11.0. The molecule has 0 spiro atoms. The average molecular weight is 574 g/mol.